The van der Waals surface area contributed by atoms with E-state index in [4.69, 9.17) is 9.84 Å². The van der Waals surface area contributed by atoms with Crippen molar-refractivity contribution in [2.45, 2.75) is 57.6 Å². The van der Waals surface area contributed by atoms with Gasteiger partial charge in [-0.25, -0.2) is 0 Å². The number of hydrogen-bond acceptors (Lipinski definition) is 5. The molecule has 0 aromatic carbocycles. The SMILES string of the molecule is COC(C(O)C(C)O)C(CC(=O)O)N(C)C(C)C. The fourth-order valence-corrected chi connectivity index (χ4v) is 1.85. The van der Waals surface area contributed by atoms with Crippen molar-refractivity contribution >= 4 is 5.97 Å². The van der Waals surface area contributed by atoms with Gasteiger partial charge in [0, 0.05) is 19.2 Å². The van der Waals surface area contributed by atoms with Crippen LogP contribution in [0.4, 0.5) is 0 Å². The average Bonchev–Trinajstić information content (AvgIpc) is 2.26. The molecule has 0 saturated heterocycles. The highest BCUT2D eigenvalue weighted by atomic mass is 16.5. The lowest BCUT2D eigenvalue weighted by molar-refractivity contribution is -0.144. The highest BCUT2D eigenvalue weighted by Gasteiger charge is 2.35. The van der Waals surface area contributed by atoms with E-state index >= 15 is 0 Å². The Morgan fingerprint density at radius 2 is 1.78 bits per heavy atom. The van der Waals surface area contributed by atoms with Crippen LogP contribution in [-0.2, 0) is 9.53 Å². The number of carboxylic acids is 1. The van der Waals surface area contributed by atoms with E-state index in [0.29, 0.717) is 0 Å². The first kappa shape index (κ1) is 17.3. The number of carbonyl (C=O) groups is 1. The first-order valence-corrected chi connectivity index (χ1v) is 6.05. The molecule has 0 aromatic rings. The molecule has 0 aliphatic rings. The smallest absolute Gasteiger partial charge is 0.305 e. The van der Waals surface area contributed by atoms with Crippen molar-refractivity contribution in [1.82, 2.24) is 4.90 Å². The van der Waals surface area contributed by atoms with E-state index in [2.05, 4.69) is 0 Å². The minimum absolute atomic E-state index is 0.105. The molecule has 0 amide bonds. The van der Waals surface area contributed by atoms with Gasteiger partial charge in [0.1, 0.15) is 12.2 Å². The number of methoxy groups -OCH3 is 1. The number of aliphatic hydroxyl groups is 2. The maximum Gasteiger partial charge on any atom is 0.305 e. The number of ether oxygens (including phenoxy) is 1. The standard InChI is InChI=1S/C12H25NO5/c1-7(2)13(4)9(6-10(15)16)12(18-5)11(17)8(3)14/h7-9,11-12,14,17H,6H2,1-5H3,(H,15,16). The Bertz CT molecular complexity index is 257. The second kappa shape index (κ2) is 7.68. The molecule has 0 rings (SSSR count). The van der Waals surface area contributed by atoms with Crippen LogP contribution in [0.3, 0.4) is 0 Å². The van der Waals surface area contributed by atoms with Crippen LogP contribution in [0.1, 0.15) is 27.2 Å². The normalized spacial score (nSPS) is 18.7. The zero-order chi connectivity index (χ0) is 14.5. The average molecular weight is 263 g/mol. The Hall–Kier alpha value is -0.690. The number of rotatable bonds is 8. The van der Waals surface area contributed by atoms with Crippen LogP contribution in [0.15, 0.2) is 0 Å². The van der Waals surface area contributed by atoms with Crippen LogP contribution >= 0.6 is 0 Å². The van der Waals surface area contributed by atoms with E-state index in [-0.39, 0.29) is 12.5 Å². The Labute approximate surface area is 108 Å². The third-order valence-electron chi connectivity index (χ3n) is 3.20. The van der Waals surface area contributed by atoms with Gasteiger partial charge < -0.3 is 20.1 Å². The summed E-state index contributed by atoms with van der Waals surface area (Å²) in [6.07, 6.45) is -3.02. The van der Waals surface area contributed by atoms with Crippen molar-refractivity contribution in [2.75, 3.05) is 14.2 Å². The Balaban J connectivity index is 5.06. The van der Waals surface area contributed by atoms with Gasteiger partial charge >= 0.3 is 5.97 Å². The zero-order valence-electron chi connectivity index (χ0n) is 11.7. The van der Waals surface area contributed by atoms with E-state index < -0.39 is 30.3 Å². The molecule has 108 valence electrons. The van der Waals surface area contributed by atoms with E-state index in [1.54, 1.807) is 7.05 Å². The fraction of sp³-hybridized carbons (Fsp3) is 0.917. The molecular formula is C12H25NO5. The summed E-state index contributed by atoms with van der Waals surface area (Å²) in [5.74, 6) is -0.965. The predicted octanol–water partition coefficient (Wildman–Crippen LogP) is -0.0734. The van der Waals surface area contributed by atoms with Gasteiger partial charge in [0.2, 0.25) is 0 Å². The second-order valence-corrected chi connectivity index (χ2v) is 4.86. The van der Waals surface area contributed by atoms with Gasteiger partial charge in [-0.1, -0.05) is 0 Å². The largest absolute Gasteiger partial charge is 0.481 e. The van der Waals surface area contributed by atoms with Crippen LogP contribution in [0.5, 0.6) is 0 Å². The van der Waals surface area contributed by atoms with Gasteiger partial charge in [0.05, 0.1) is 12.5 Å². The van der Waals surface area contributed by atoms with Gasteiger partial charge in [-0.2, -0.15) is 0 Å². The van der Waals surface area contributed by atoms with E-state index in [1.807, 2.05) is 18.7 Å². The molecular weight excluding hydrogens is 238 g/mol. The molecule has 0 aliphatic carbocycles. The number of aliphatic carboxylic acids is 1. The number of likely N-dealkylation sites (N-methyl/N-ethyl adjacent to an activating group) is 1. The summed E-state index contributed by atoms with van der Waals surface area (Å²) in [6.45, 7) is 5.30. The second-order valence-electron chi connectivity index (χ2n) is 4.86. The maximum absolute atomic E-state index is 10.9. The minimum Gasteiger partial charge on any atom is -0.481 e. The van der Waals surface area contributed by atoms with Gasteiger partial charge in [-0.15, -0.1) is 0 Å². The fourth-order valence-electron chi connectivity index (χ4n) is 1.85. The summed E-state index contributed by atoms with van der Waals surface area (Å²) in [6, 6.07) is -0.398. The van der Waals surface area contributed by atoms with Crippen molar-refractivity contribution in [3.63, 3.8) is 0 Å². The molecule has 0 fully saturated rings. The molecule has 18 heavy (non-hydrogen) atoms. The molecule has 0 aromatic heterocycles. The van der Waals surface area contributed by atoms with Crippen LogP contribution < -0.4 is 0 Å². The van der Waals surface area contributed by atoms with Crippen LogP contribution in [0.25, 0.3) is 0 Å². The third kappa shape index (κ3) is 4.89. The summed E-state index contributed by atoms with van der Waals surface area (Å²) in [4.78, 5) is 12.8. The van der Waals surface area contributed by atoms with E-state index in [9.17, 15) is 15.0 Å². The van der Waals surface area contributed by atoms with Gasteiger partial charge in [-0.05, 0) is 27.8 Å². The topological polar surface area (TPSA) is 90.2 Å². The molecule has 4 unspecified atom stereocenters. The lowest BCUT2D eigenvalue weighted by atomic mass is 9.97. The summed E-state index contributed by atoms with van der Waals surface area (Å²) in [5.41, 5.74) is 0. The number of nitrogens with zero attached hydrogens (tertiary/aromatic N) is 1. The lowest BCUT2D eigenvalue weighted by Crippen LogP contribution is -2.53. The highest BCUT2D eigenvalue weighted by molar-refractivity contribution is 5.67. The van der Waals surface area contributed by atoms with Crippen LogP contribution in [0, 0.1) is 0 Å². The molecule has 0 spiro atoms. The molecule has 3 N–H and O–H groups in total. The van der Waals surface area contributed by atoms with Crippen LogP contribution in [0.2, 0.25) is 0 Å². The van der Waals surface area contributed by atoms with Crippen molar-refractivity contribution in [1.29, 1.82) is 0 Å². The highest BCUT2D eigenvalue weighted by Crippen LogP contribution is 2.18. The number of hydrogen-bond donors (Lipinski definition) is 3. The molecule has 6 heteroatoms. The van der Waals surface area contributed by atoms with Crippen molar-refractivity contribution < 1.29 is 24.9 Å². The molecule has 0 bridgehead atoms. The molecule has 4 atom stereocenters. The molecule has 0 saturated carbocycles. The monoisotopic (exact) mass is 263 g/mol. The quantitative estimate of drug-likeness (QED) is 0.568. The Morgan fingerprint density at radius 1 is 1.28 bits per heavy atom. The Kier molecular flexibility index (Phi) is 7.39. The number of carboxylic acid groups (broad SMARTS) is 1. The molecule has 0 aliphatic heterocycles. The van der Waals surface area contributed by atoms with Gasteiger partial charge in [-0.3, -0.25) is 9.69 Å². The first-order valence-electron chi connectivity index (χ1n) is 6.05. The maximum atomic E-state index is 10.9. The predicted molar refractivity (Wildman–Crippen MR) is 67.4 cm³/mol. The van der Waals surface area contributed by atoms with Crippen molar-refractivity contribution in [3.05, 3.63) is 0 Å². The van der Waals surface area contributed by atoms with Gasteiger partial charge in [0.25, 0.3) is 0 Å². The summed E-state index contributed by atoms with van der Waals surface area (Å²) in [7, 11) is 3.18. The van der Waals surface area contributed by atoms with E-state index in [0.717, 1.165) is 0 Å². The first-order chi connectivity index (χ1) is 8.22. The summed E-state index contributed by atoms with van der Waals surface area (Å²) < 4.78 is 5.19. The summed E-state index contributed by atoms with van der Waals surface area (Å²) in [5, 5.41) is 28.3. The number of aliphatic hydroxyl groups excluding tert-OH is 2. The summed E-state index contributed by atoms with van der Waals surface area (Å²) >= 11 is 0. The Morgan fingerprint density at radius 3 is 2.06 bits per heavy atom. The van der Waals surface area contributed by atoms with Crippen molar-refractivity contribution in [3.8, 4) is 0 Å². The van der Waals surface area contributed by atoms with Crippen LogP contribution in [-0.4, -0.2) is 70.7 Å². The molecule has 0 radical (unpaired) electrons. The van der Waals surface area contributed by atoms with Crippen molar-refractivity contribution in [2.24, 2.45) is 0 Å². The molecule has 0 heterocycles. The molecule has 6 nitrogen and oxygen atoms in total. The zero-order valence-corrected chi connectivity index (χ0v) is 11.7. The lowest BCUT2D eigenvalue weighted by Gasteiger charge is -2.38. The minimum atomic E-state index is -1.12. The third-order valence-corrected chi connectivity index (χ3v) is 3.20. The van der Waals surface area contributed by atoms with E-state index in [1.165, 1.54) is 14.0 Å². The van der Waals surface area contributed by atoms with Gasteiger partial charge in [0.15, 0.2) is 0 Å².